The number of halogens is 1. The lowest BCUT2D eigenvalue weighted by Crippen LogP contribution is -2.11. The van der Waals surface area contributed by atoms with E-state index in [1.165, 1.54) is 42.4 Å². The first-order valence-corrected chi connectivity index (χ1v) is 11.1. The molecule has 1 aliphatic carbocycles. The van der Waals surface area contributed by atoms with Gasteiger partial charge in [0.1, 0.15) is 5.82 Å². The molecule has 0 aliphatic heterocycles. The fourth-order valence-electron chi connectivity index (χ4n) is 4.72. The van der Waals surface area contributed by atoms with Crippen molar-refractivity contribution in [2.75, 3.05) is 0 Å². The monoisotopic (exact) mass is 386 g/mol. The maximum Gasteiger partial charge on any atom is 0.134 e. The Labute approximate surface area is 174 Å². The Balaban J connectivity index is 1.41. The van der Waals surface area contributed by atoms with Crippen molar-refractivity contribution in [1.29, 1.82) is 0 Å². The van der Waals surface area contributed by atoms with Crippen LogP contribution in [-0.4, -0.2) is 0 Å². The van der Waals surface area contributed by atoms with E-state index in [0.29, 0.717) is 11.8 Å². The molecule has 0 bridgehead atoms. The van der Waals surface area contributed by atoms with Crippen LogP contribution in [0, 0.1) is 11.7 Å². The van der Waals surface area contributed by atoms with Gasteiger partial charge in [-0.15, -0.1) is 6.58 Å². The van der Waals surface area contributed by atoms with Gasteiger partial charge in [0, 0.05) is 5.39 Å². The van der Waals surface area contributed by atoms with Gasteiger partial charge >= 0.3 is 0 Å². The van der Waals surface area contributed by atoms with Crippen LogP contribution in [0.1, 0.15) is 60.8 Å². The molecule has 0 saturated heterocycles. The Morgan fingerprint density at radius 1 is 0.897 bits per heavy atom. The molecule has 29 heavy (non-hydrogen) atoms. The molecule has 3 aromatic carbocycles. The highest BCUT2D eigenvalue weighted by atomic mass is 19.1. The topological polar surface area (TPSA) is 0 Å². The van der Waals surface area contributed by atoms with Crippen LogP contribution in [0.2, 0.25) is 0 Å². The van der Waals surface area contributed by atoms with Gasteiger partial charge in [-0.05, 0) is 84.4 Å². The summed E-state index contributed by atoms with van der Waals surface area (Å²) >= 11 is 0. The zero-order valence-corrected chi connectivity index (χ0v) is 17.5. The zero-order valence-electron chi connectivity index (χ0n) is 17.5. The number of fused-ring (bicyclic) bond motifs is 1. The lowest BCUT2D eigenvalue weighted by molar-refractivity contribution is 0.376. The summed E-state index contributed by atoms with van der Waals surface area (Å²) < 4.78 is 15.0. The van der Waals surface area contributed by atoms with Crippen molar-refractivity contribution >= 4 is 10.8 Å². The van der Waals surface area contributed by atoms with E-state index in [2.05, 4.69) is 56.0 Å². The summed E-state index contributed by atoms with van der Waals surface area (Å²) in [4.78, 5) is 0. The Kier molecular flexibility index (Phi) is 6.13. The van der Waals surface area contributed by atoms with Crippen LogP contribution in [0.3, 0.4) is 0 Å². The van der Waals surface area contributed by atoms with Crippen LogP contribution in [-0.2, 0) is 19.3 Å². The molecular formula is C28H31F. The van der Waals surface area contributed by atoms with Gasteiger partial charge in [-0.25, -0.2) is 4.39 Å². The predicted octanol–water partition coefficient (Wildman–Crippen LogP) is 7.79. The second-order valence-corrected chi connectivity index (χ2v) is 8.54. The van der Waals surface area contributed by atoms with E-state index in [0.717, 1.165) is 35.6 Å². The van der Waals surface area contributed by atoms with Crippen molar-refractivity contribution in [2.24, 2.45) is 5.92 Å². The summed E-state index contributed by atoms with van der Waals surface area (Å²) in [5, 5.41) is 1.74. The first-order chi connectivity index (χ1) is 14.2. The number of hydrogen-bond donors (Lipinski definition) is 0. The molecular weight excluding hydrogens is 355 g/mol. The number of aryl methyl sites for hydroxylation is 3. The third-order valence-corrected chi connectivity index (χ3v) is 6.75. The van der Waals surface area contributed by atoms with Crippen LogP contribution in [0.4, 0.5) is 4.39 Å². The van der Waals surface area contributed by atoms with E-state index in [4.69, 9.17) is 0 Å². The van der Waals surface area contributed by atoms with Gasteiger partial charge in [0.25, 0.3) is 0 Å². The largest absolute Gasteiger partial charge is 0.206 e. The number of allylic oxidation sites excluding steroid dienone is 1. The molecule has 0 aromatic heterocycles. The van der Waals surface area contributed by atoms with E-state index in [1.807, 2.05) is 18.2 Å². The molecule has 0 atom stereocenters. The maximum absolute atomic E-state index is 15.0. The molecule has 0 heterocycles. The van der Waals surface area contributed by atoms with Gasteiger partial charge in [0.15, 0.2) is 0 Å². The van der Waals surface area contributed by atoms with Crippen LogP contribution < -0.4 is 0 Å². The molecule has 1 fully saturated rings. The van der Waals surface area contributed by atoms with Crippen LogP contribution in [0.15, 0.2) is 67.3 Å². The minimum Gasteiger partial charge on any atom is -0.206 e. The second kappa shape index (κ2) is 8.95. The Morgan fingerprint density at radius 3 is 2.31 bits per heavy atom. The highest BCUT2D eigenvalue weighted by molar-refractivity contribution is 5.84. The predicted molar refractivity (Wildman–Crippen MR) is 122 cm³/mol. The Morgan fingerprint density at radius 2 is 1.62 bits per heavy atom. The van der Waals surface area contributed by atoms with Crippen molar-refractivity contribution in [3.05, 3.63) is 95.3 Å². The van der Waals surface area contributed by atoms with Crippen molar-refractivity contribution in [1.82, 2.24) is 0 Å². The first-order valence-electron chi connectivity index (χ1n) is 11.1. The van der Waals surface area contributed by atoms with Gasteiger partial charge in [0.2, 0.25) is 0 Å². The van der Waals surface area contributed by atoms with Gasteiger partial charge in [-0.3, -0.25) is 0 Å². The van der Waals surface area contributed by atoms with Crippen LogP contribution in [0.5, 0.6) is 0 Å². The SMILES string of the molecule is C=CC1CCC(c2ccc(CCc3ccc4cc(CC)ccc4c3F)cc2)CC1. The summed E-state index contributed by atoms with van der Waals surface area (Å²) in [6, 6.07) is 19.2. The minimum absolute atomic E-state index is 0.0549. The van der Waals surface area contributed by atoms with Crippen molar-refractivity contribution in [3.63, 3.8) is 0 Å². The first kappa shape index (κ1) is 19.9. The summed E-state index contributed by atoms with van der Waals surface area (Å²) in [6.45, 7) is 6.07. The maximum atomic E-state index is 15.0. The van der Waals surface area contributed by atoms with Crippen LogP contribution in [0.25, 0.3) is 10.8 Å². The molecule has 0 nitrogen and oxygen atoms in total. The lowest BCUT2D eigenvalue weighted by Gasteiger charge is -2.27. The quantitative estimate of drug-likeness (QED) is 0.379. The van der Waals surface area contributed by atoms with E-state index in [1.54, 1.807) is 0 Å². The minimum atomic E-state index is -0.0549. The number of hydrogen-bond acceptors (Lipinski definition) is 0. The smallest absolute Gasteiger partial charge is 0.134 e. The van der Waals surface area contributed by atoms with E-state index in [-0.39, 0.29) is 5.82 Å². The highest BCUT2D eigenvalue weighted by Crippen LogP contribution is 2.36. The molecule has 0 amide bonds. The molecule has 0 radical (unpaired) electrons. The van der Waals surface area contributed by atoms with Crippen LogP contribution >= 0.6 is 0 Å². The highest BCUT2D eigenvalue weighted by Gasteiger charge is 2.20. The number of benzene rings is 3. The molecule has 1 heteroatoms. The second-order valence-electron chi connectivity index (χ2n) is 8.54. The third kappa shape index (κ3) is 4.45. The molecule has 1 saturated carbocycles. The molecule has 1 aliphatic rings. The van der Waals surface area contributed by atoms with E-state index >= 15 is 0 Å². The van der Waals surface area contributed by atoms with Gasteiger partial charge in [0.05, 0.1) is 0 Å². The zero-order chi connectivity index (χ0) is 20.2. The molecule has 0 unspecified atom stereocenters. The van der Waals surface area contributed by atoms with E-state index in [9.17, 15) is 4.39 Å². The van der Waals surface area contributed by atoms with Crippen molar-refractivity contribution in [3.8, 4) is 0 Å². The third-order valence-electron chi connectivity index (χ3n) is 6.75. The lowest BCUT2D eigenvalue weighted by atomic mass is 9.78. The molecule has 0 spiro atoms. The average molecular weight is 387 g/mol. The fourth-order valence-corrected chi connectivity index (χ4v) is 4.72. The Bertz CT molecular complexity index is 975. The molecule has 4 rings (SSSR count). The summed E-state index contributed by atoms with van der Waals surface area (Å²) in [5.41, 5.74) is 4.81. The summed E-state index contributed by atoms with van der Waals surface area (Å²) in [6.07, 6.45) is 9.75. The van der Waals surface area contributed by atoms with Crippen molar-refractivity contribution < 1.29 is 4.39 Å². The van der Waals surface area contributed by atoms with Gasteiger partial charge in [-0.1, -0.05) is 67.6 Å². The number of rotatable bonds is 6. The van der Waals surface area contributed by atoms with E-state index < -0.39 is 0 Å². The Hall–Kier alpha value is -2.41. The average Bonchev–Trinajstić information content (AvgIpc) is 2.79. The normalized spacial score (nSPS) is 19.4. The summed E-state index contributed by atoms with van der Waals surface area (Å²) in [7, 11) is 0. The van der Waals surface area contributed by atoms with Crippen molar-refractivity contribution in [2.45, 2.75) is 57.8 Å². The fraction of sp³-hybridized carbons (Fsp3) is 0.357. The van der Waals surface area contributed by atoms with Gasteiger partial charge < -0.3 is 0 Å². The standard InChI is InChI=1S/C28H31F/c1-3-20-5-11-23(12-6-20)24-13-7-22(8-14-24)9-15-25-16-17-26-19-21(4-2)10-18-27(26)28(25)29/h3,7-8,10,13-14,16-20,23H,1,4-6,9,11-12,15H2,2H3. The molecule has 0 N–H and O–H groups in total. The summed E-state index contributed by atoms with van der Waals surface area (Å²) in [5.74, 6) is 1.34. The van der Waals surface area contributed by atoms with Gasteiger partial charge in [-0.2, -0.15) is 0 Å². The molecule has 150 valence electrons. The molecule has 3 aromatic rings.